The third-order valence-electron chi connectivity index (χ3n) is 2.98. The Bertz CT molecular complexity index is 371. The lowest BCUT2D eigenvalue weighted by Gasteiger charge is -2.09. The van der Waals surface area contributed by atoms with Crippen LogP contribution in [-0.2, 0) is 4.79 Å². The number of anilines is 2. The molecular formula is C16H26N2O. The fourth-order valence-corrected chi connectivity index (χ4v) is 1.74. The number of rotatable bonds is 8. The summed E-state index contributed by atoms with van der Waals surface area (Å²) in [5, 5.41) is 6.29. The smallest absolute Gasteiger partial charge is 0.224 e. The van der Waals surface area contributed by atoms with Crippen molar-refractivity contribution >= 4 is 17.3 Å². The molecule has 19 heavy (non-hydrogen) atoms. The van der Waals surface area contributed by atoms with Gasteiger partial charge < -0.3 is 10.6 Å². The summed E-state index contributed by atoms with van der Waals surface area (Å²) in [6, 6.07) is 7.91. The molecule has 1 amide bonds. The second-order valence-corrected chi connectivity index (χ2v) is 5.34. The van der Waals surface area contributed by atoms with Crippen molar-refractivity contribution in [3.05, 3.63) is 24.3 Å². The SMILES string of the molecule is CCCCC(=O)Nc1ccc(NCCC(C)C)cc1. The highest BCUT2D eigenvalue weighted by molar-refractivity contribution is 5.90. The molecule has 1 aromatic carbocycles. The molecule has 3 heteroatoms. The fraction of sp³-hybridized carbons (Fsp3) is 0.562. The van der Waals surface area contributed by atoms with Gasteiger partial charge in [-0.1, -0.05) is 27.2 Å². The van der Waals surface area contributed by atoms with Crippen molar-refractivity contribution in [2.75, 3.05) is 17.2 Å². The van der Waals surface area contributed by atoms with Gasteiger partial charge in [-0.15, -0.1) is 0 Å². The van der Waals surface area contributed by atoms with E-state index in [2.05, 4.69) is 31.4 Å². The number of benzene rings is 1. The van der Waals surface area contributed by atoms with Gasteiger partial charge in [0.05, 0.1) is 0 Å². The van der Waals surface area contributed by atoms with Gasteiger partial charge in [0.25, 0.3) is 0 Å². The zero-order valence-electron chi connectivity index (χ0n) is 12.3. The Morgan fingerprint density at radius 3 is 2.37 bits per heavy atom. The summed E-state index contributed by atoms with van der Waals surface area (Å²) < 4.78 is 0. The number of hydrogen-bond donors (Lipinski definition) is 2. The van der Waals surface area contributed by atoms with E-state index >= 15 is 0 Å². The van der Waals surface area contributed by atoms with Crippen molar-refractivity contribution in [3.8, 4) is 0 Å². The molecule has 0 aliphatic carbocycles. The lowest BCUT2D eigenvalue weighted by atomic mass is 10.1. The van der Waals surface area contributed by atoms with E-state index in [1.807, 2.05) is 24.3 Å². The Kier molecular flexibility index (Phi) is 7.01. The van der Waals surface area contributed by atoms with Crippen LogP contribution in [0.25, 0.3) is 0 Å². The van der Waals surface area contributed by atoms with Crippen LogP contribution in [0.5, 0.6) is 0 Å². The molecule has 2 N–H and O–H groups in total. The number of unbranched alkanes of at least 4 members (excludes halogenated alkanes) is 1. The number of carbonyl (C=O) groups excluding carboxylic acids is 1. The van der Waals surface area contributed by atoms with Gasteiger partial charge in [0.15, 0.2) is 0 Å². The molecule has 0 unspecified atom stereocenters. The molecule has 0 aromatic heterocycles. The Morgan fingerprint density at radius 1 is 1.16 bits per heavy atom. The predicted octanol–water partition coefficient (Wildman–Crippen LogP) is 4.27. The molecular weight excluding hydrogens is 236 g/mol. The van der Waals surface area contributed by atoms with Gasteiger partial charge in [0, 0.05) is 24.3 Å². The summed E-state index contributed by atoms with van der Waals surface area (Å²) >= 11 is 0. The van der Waals surface area contributed by atoms with Crippen molar-refractivity contribution in [3.63, 3.8) is 0 Å². The van der Waals surface area contributed by atoms with Crippen LogP contribution in [0, 0.1) is 5.92 Å². The van der Waals surface area contributed by atoms with Crippen LogP contribution < -0.4 is 10.6 Å². The number of nitrogens with one attached hydrogen (secondary N) is 2. The molecule has 0 aliphatic heterocycles. The second-order valence-electron chi connectivity index (χ2n) is 5.34. The van der Waals surface area contributed by atoms with Crippen molar-refractivity contribution in [1.82, 2.24) is 0 Å². The maximum absolute atomic E-state index is 11.6. The van der Waals surface area contributed by atoms with Crippen molar-refractivity contribution in [2.24, 2.45) is 5.92 Å². The van der Waals surface area contributed by atoms with Crippen molar-refractivity contribution in [2.45, 2.75) is 46.5 Å². The molecule has 1 aromatic rings. The molecule has 0 radical (unpaired) electrons. The molecule has 0 bridgehead atoms. The number of hydrogen-bond acceptors (Lipinski definition) is 2. The average Bonchev–Trinajstić information content (AvgIpc) is 2.38. The first-order chi connectivity index (χ1) is 9.11. The monoisotopic (exact) mass is 262 g/mol. The molecule has 3 nitrogen and oxygen atoms in total. The van der Waals surface area contributed by atoms with Crippen LogP contribution in [0.3, 0.4) is 0 Å². The van der Waals surface area contributed by atoms with E-state index in [0.717, 1.165) is 37.2 Å². The highest BCUT2D eigenvalue weighted by atomic mass is 16.1. The van der Waals surface area contributed by atoms with E-state index < -0.39 is 0 Å². The zero-order valence-corrected chi connectivity index (χ0v) is 12.3. The quantitative estimate of drug-likeness (QED) is 0.734. The summed E-state index contributed by atoms with van der Waals surface area (Å²) in [6.07, 6.45) is 3.76. The van der Waals surface area contributed by atoms with Gasteiger partial charge in [-0.05, 0) is 43.0 Å². The summed E-state index contributed by atoms with van der Waals surface area (Å²) in [7, 11) is 0. The van der Waals surface area contributed by atoms with Gasteiger partial charge >= 0.3 is 0 Å². The molecule has 0 heterocycles. The first-order valence-electron chi connectivity index (χ1n) is 7.25. The number of carbonyl (C=O) groups is 1. The lowest BCUT2D eigenvalue weighted by Crippen LogP contribution is -2.11. The highest BCUT2D eigenvalue weighted by Gasteiger charge is 2.01. The second kappa shape index (κ2) is 8.57. The summed E-state index contributed by atoms with van der Waals surface area (Å²) in [5.74, 6) is 0.812. The maximum Gasteiger partial charge on any atom is 0.224 e. The minimum Gasteiger partial charge on any atom is -0.385 e. The van der Waals surface area contributed by atoms with Crippen LogP contribution in [0.2, 0.25) is 0 Å². The zero-order chi connectivity index (χ0) is 14.1. The van der Waals surface area contributed by atoms with Crippen LogP contribution in [-0.4, -0.2) is 12.5 Å². The lowest BCUT2D eigenvalue weighted by molar-refractivity contribution is -0.116. The van der Waals surface area contributed by atoms with Crippen LogP contribution in [0.4, 0.5) is 11.4 Å². The van der Waals surface area contributed by atoms with E-state index in [9.17, 15) is 4.79 Å². The van der Waals surface area contributed by atoms with E-state index in [1.54, 1.807) is 0 Å². The minimum atomic E-state index is 0.0994. The third kappa shape index (κ3) is 6.85. The van der Waals surface area contributed by atoms with Gasteiger partial charge in [-0.3, -0.25) is 4.79 Å². The van der Waals surface area contributed by atoms with Gasteiger partial charge in [0.2, 0.25) is 5.91 Å². The van der Waals surface area contributed by atoms with Crippen LogP contribution >= 0.6 is 0 Å². The molecule has 0 saturated heterocycles. The Balaban J connectivity index is 2.36. The Labute approximate surface area is 116 Å². The van der Waals surface area contributed by atoms with Gasteiger partial charge in [-0.25, -0.2) is 0 Å². The molecule has 0 atom stereocenters. The normalized spacial score (nSPS) is 10.5. The van der Waals surface area contributed by atoms with Gasteiger partial charge in [-0.2, -0.15) is 0 Å². The molecule has 0 fully saturated rings. The van der Waals surface area contributed by atoms with E-state index in [0.29, 0.717) is 12.3 Å². The van der Waals surface area contributed by atoms with E-state index in [4.69, 9.17) is 0 Å². The Morgan fingerprint density at radius 2 is 1.79 bits per heavy atom. The fourth-order valence-electron chi connectivity index (χ4n) is 1.74. The molecule has 0 saturated carbocycles. The maximum atomic E-state index is 11.6. The average molecular weight is 262 g/mol. The van der Waals surface area contributed by atoms with Crippen LogP contribution in [0.1, 0.15) is 46.5 Å². The first-order valence-corrected chi connectivity index (χ1v) is 7.25. The molecule has 106 valence electrons. The summed E-state index contributed by atoms with van der Waals surface area (Å²) in [6.45, 7) is 7.51. The van der Waals surface area contributed by atoms with Crippen molar-refractivity contribution in [1.29, 1.82) is 0 Å². The Hall–Kier alpha value is -1.51. The highest BCUT2D eigenvalue weighted by Crippen LogP contribution is 2.14. The van der Waals surface area contributed by atoms with Crippen LogP contribution in [0.15, 0.2) is 24.3 Å². The predicted molar refractivity (Wildman–Crippen MR) is 82.5 cm³/mol. The van der Waals surface area contributed by atoms with Gasteiger partial charge in [0.1, 0.15) is 0 Å². The first kappa shape index (κ1) is 15.5. The standard InChI is InChI=1S/C16H26N2O/c1-4-5-6-16(19)18-15-9-7-14(8-10-15)17-12-11-13(2)3/h7-10,13,17H,4-6,11-12H2,1-3H3,(H,18,19). The summed E-state index contributed by atoms with van der Waals surface area (Å²) in [4.78, 5) is 11.6. The molecule has 0 spiro atoms. The minimum absolute atomic E-state index is 0.0994. The number of amides is 1. The third-order valence-corrected chi connectivity index (χ3v) is 2.98. The summed E-state index contributed by atoms with van der Waals surface area (Å²) in [5.41, 5.74) is 1.97. The van der Waals surface area contributed by atoms with E-state index in [-0.39, 0.29) is 5.91 Å². The van der Waals surface area contributed by atoms with Crippen molar-refractivity contribution < 1.29 is 4.79 Å². The van der Waals surface area contributed by atoms with E-state index in [1.165, 1.54) is 0 Å². The largest absolute Gasteiger partial charge is 0.385 e. The molecule has 1 rings (SSSR count). The molecule has 0 aliphatic rings. The topological polar surface area (TPSA) is 41.1 Å².